The fourth-order valence-corrected chi connectivity index (χ4v) is 2.13. The zero-order valence-corrected chi connectivity index (χ0v) is 7.40. The Hall–Kier alpha value is -1.16. The van der Waals surface area contributed by atoms with Crippen LogP contribution in [-0.4, -0.2) is 27.6 Å². The van der Waals surface area contributed by atoms with Gasteiger partial charge in [-0.2, -0.15) is 0 Å². The summed E-state index contributed by atoms with van der Waals surface area (Å²) in [5, 5.41) is 3.41. The lowest BCUT2D eigenvalue weighted by Crippen LogP contribution is -2.40. The molecular formula is C9H12N4. The molecule has 0 bridgehead atoms. The lowest BCUT2D eigenvalue weighted by molar-refractivity contribution is 0.251. The fourth-order valence-electron chi connectivity index (χ4n) is 2.13. The van der Waals surface area contributed by atoms with Crippen molar-refractivity contribution >= 4 is 5.82 Å². The Morgan fingerprint density at radius 3 is 3.31 bits per heavy atom. The molecule has 2 aliphatic heterocycles. The first-order valence-electron chi connectivity index (χ1n) is 4.74. The largest absolute Gasteiger partial charge is 0.353 e. The summed E-state index contributed by atoms with van der Waals surface area (Å²) in [6, 6.07) is 0. The molecule has 1 aromatic rings. The average molecular weight is 176 g/mol. The van der Waals surface area contributed by atoms with Gasteiger partial charge in [-0.15, -0.1) is 0 Å². The highest BCUT2D eigenvalue weighted by Crippen LogP contribution is 2.27. The van der Waals surface area contributed by atoms with Gasteiger partial charge in [0.2, 0.25) is 0 Å². The minimum atomic E-state index is 0.504. The number of aromatic nitrogens is 2. The van der Waals surface area contributed by atoms with E-state index in [1.165, 1.54) is 19.4 Å². The first kappa shape index (κ1) is 7.26. The molecule has 0 saturated carbocycles. The molecule has 1 atom stereocenters. The lowest BCUT2D eigenvalue weighted by atomic mass is 10.2. The van der Waals surface area contributed by atoms with Crippen LogP contribution in [0.15, 0.2) is 12.4 Å². The quantitative estimate of drug-likeness (QED) is 0.635. The molecule has 1 N–H and O–H groups in total. The topological polar surface area (TPSA) is 41.1 Å². The molecule has 3 heterocycles. The Labute approximate surface area is 77.0 Å². The van der Waals surface area contributed by atoms with Gasteiger partial charge >= 0.3 is 0 Å². The standard InChI is InChI=1S/C9H12N4/c1-2-8-12-9-7(6-13(8)5-1)10-3-4-11-9/h3-4,8H,1-2,5-6H2,(H,11,12). The third kappa shape index (κ3) is 1.09. The molecule has 0 radical (unpaired) electrons. The van der Waals surface area contributed by atoms with Crippen LogP contribution in [0.5, 0.6) is 0 Å². The summed E-state index contributed by atoms with van der Waals surface area (Å²) in [4.78, 5) is 11.0. The molecule has 0 amide bonds. The van der Waals surface area contributed by atoms with E-state index in [9.17, 15) is 0 Å². The third-order valence-corrected chi connectivity index (χ3v) is 2.79. The molecule has 0 aliphatic carbocycles. The Balaban J connectivity index is 1.97. The van der Waals surface area contributed by atoms with E-state index in [2.05, 4.69) is 20.2 Å². The first-order valence-corrected chi connectivity index (χ1v) is 4.74. The highest BCUT2D eigenvalue weighted by molar-refractivity contribution is 5.42. The van der Waals surface area contributed by atoms with Gasteiger partial charge in [0.25, 0.3) is 0 Å². The maximum Gasteiger partial charge on any atom is 0.150 e. The Morgan fingerprint density at radius 2 is 2.31 bits per heavy atom. The van der Waals surface area contributed by atoms with E-state index in [1.54, 1.807) is 12.4 Å². The summed E-state index contributed by atoms with van der Waals surface area (Å²) in [7, 11) is 0. The zero-order chi connectivity index (χ0) is 8.67. The molecule has 3 rings (SSSR count). The van der Waals surface area contributed by atoms with Crippen molar-refractivity contribution in [3.8, 4) is 0 Å². The summed E-state index contributed by atoms with van der Waals surface area (Å²) in [6.45, 7) is 2.15. The summed E-state index contributed by atoms with van der Waals surface area (Å²) >= 11 is 0. The van der Waals surface area contributed by atoms with E-state index in [4.69, 9.17) is 0 Å². The van der Waals surface area contributed by atoms with Crippen LogP contribution in [-0.2, 0) is 6.54 Å². The second-order valence-electron chi connectivity index (χ2n) is 3.62. The molecule has 1 fully saturated rings. The number of hydrogen-bond acceptors (Lipinski definition) is 4. The highest BCUT2D eigenvalue weighted by atomic mass is 15.3. The summed E-state index contributed by atoms with van der Waals surface area (Å²) in [6.07, 6.45) is 6.53. The normalized spacial score (nSPS) is 26.3. The van der Waals surface area contributed by atoms with Gasteiger partial charge in [-0.1, -0.05) is 0 Å². The first-order chi connectivity index (χ1) is 6.43. The summed E-state index contributed by atoms with van der Waals surface area (Å²) in [5.74, 6) is 0.977. The van der Waals surface area contributed by atoms with Crippen molar-refractivity contribution in [1.29, 1.82) is 0 Å². The van der Waals surface area contributed by atoms with Crippen LogP contribution >= 0.6 is 0 Å². The SMILES string of the molecule is c1cnc2c(n1)CN1CCCC1N2. The third-order valence-electron chi connectivity index (χ3n) is 2.79. The van der Waals surface area contributed by atoms with Crippen LogP contribution < -0.4 is 5.32 Å². The maximum absolute atomic E-state index is 4.31. The minimum Gasteiger partial charge on any atom is -0.353 e. The van der Waals surface area contributed by atoms with Crippen molar-refractivity contribution in [3.05, 3.63) is 18.1 Å². The number of nitrogens with zero attached hydrogens (tertiary/aromatic N) is 3. The van der Waals surface area contributed by atoms with Gasteiger partial charge in [-0.05, 0) is 12.8 Å². The van der Waals surface area contributed by atoms with Crippen molar-refractivity contribution in [3.63, 3.8) is 0 Å². The molecule has 0 aromatic carbocycles. The molecule has 13 heavy (non-hydrogen) atoms. The van der Waals surface area contributed by atoms with Gasteiger partial charge < -0.3 is 5.32 Å². The second kappa shape index (κ2) is 2.67. The van der Waals surface area contributed by atoms with Crippen molar-refractivity contribution in [2.24, 2.45) is 0 Å². The highest BCUT2D eigenvalue weighted by Gasteiger charge is 2.30. The number of hydrogen-bond donors (Lipinski definition) is 1. The molecule has 1 unspecified atom stereocenters. The minimum absolute atomic E-state index is 0.504. The van der Waals surface area contributed by atoms with E-state index < -0.39 is 0 Å². The van der Waals surface area contributed by atoms with Crippen LogP contribution in [0.3, 0.4) is 0 Å². The monoisotopic (exact) mass is 176 g/mol. The summed E-state index contributed by atoms with van der Waals surface area (Å²) < 4.78 is 0. The molecule has 68 valence electrons. The Morgan fingerprint density at radius 1 is 1.38 bits per heavy atom. The van der Waals surface area contributed by atoms with Crippen molar-refractivity contribution < 1.29 is 0 Å². The number of fused-ring (bicyclic) bond motifs is 2. The lowest BCUT2D eigenvalue weighted by Gasteiger charge is -2.31. The molecule has 2 aliphatic rings. The number of nitrogens with one attached hydrogen (secondary N) is 1. The van der Waals surface area contributed by atoms with Crippen LogP contribution in [0, 0.1) is 0 Å². The summed E-state index contributed by atoms with van der Waals surface area (Å²) in [5.41, 5.74) is 1.08. The van der Waals surface area contributed by atoms with Gasteiger partial charge in [-0.3, -0.25) is 9.88 Å². The number of rotatable bonds is 0. The Kier molecular flexibility index (Phi) is 1.49. The van der Waals surface area contributed by atoms with Crippen LogP contribution in [0.2, 0.25) is 0 Å². The molecule has 4 heteroatoms. The smallest absolute Gasteiger partial charge is 0.150 e. The van der Waals surface area contributed by atoms with Crippen LogP contribution in [0.1, 0.15) is 18.5 Å². The van der Waals surface area contributed by atoms with Crippen LogP contribution in [0.4, 0.5) is 5.82 Å². The molecular weight excluding hydrogens is 164 g/mol. The van der Waals surface area contributed by atoms with Gasteiger partial charge in [0.15, 0.2) is 0 Å². The maximum atomic E-state index is 4.31. The average Bonchev–Trinajstić information content (AvgIpc) is 2.61. The predicted molar refractivity (Wildman–Crippen MR) is 49.1 cm³/mol. The molecule has 1 saturated heterocycles. The van der Waals surface area contributed by atoms with Crippen LogP contribution in [0.25, 0.3) is 0 Å². The van der Waals surface area contributed by atoms with Crippen molar-refractivity contribution in [2.45, 2.75) is 25.6 Å². The van der Waals surface area contributed by atoms with Gasteiger partial charge in [0.05, 0.1) is 11.9 Å². The zero-order valence-electron chi connectivity index (χ0n) is 7.40. The Bertz CT molecular complexity index is 294. The van der Waals surface area contributed by atoms with Gasteiger partial charge in [0.1, 0.15) is 5.82 Å². The van der Waals surface area contributed by atoms with Crippen molar-refractivity contribution in [1.82, 2.24) is 14.9 Å². The predicted octanol–water partition coefficient (Wildman–Crippen LogP) is 0.824. The van der Waals surface area contributed by atoms with Gasteiger partial charge in [0, 0.05) is 25.5 Å². The van der Waals surface area contributed by atoms with Gasteiger partial charge in [-0.25, -0.2) is 4.98 Å². The van der Waals surface area contributed by atoms with E-state index in [-0.39, 0.29) is 0 Å². The second-order valence-corrected chi connectivity index (χ2v) is 3.62. The molecule has 4 nitrogen and oxygen atoms in total. The van der Waals surface area contributed by atoms with E-state index in [0.29, 0.717) is 6.17 Å². The fraction of sp³-hybridized carbons (Fsp3) is 0.556. The number of anilines is 1. The van der Waals surface area contributed by atoms with Crippen molar-refractivity contribution in [2.75, 3.05) is 11.9 Å². The molecule has 0 spiro atoms. The van der Waals surface area contributed by atoms with E-state index in [1.807, 2.05) is 0 Å². The van der Waals surface area contributed by atoms with E-state index in [0.717, 1.165) is 18.1 Å². The molecule has 1 aromatic heterocycles. The van der Waals surface area contributed by atoms with E-state index >= 15 is 0 Å².